The fourth-order valence-electron chi connectivity index (χ4n) is 4.67. The third-order valence-corrected chi connectivity index (χ3v) is 9.21. The Morgan fingerprint density at radius 3 is 2.29 bits per heavy atom. The Kier molecular flexibility index (Phi) is 6.16. The van der Waals surface area contributed by atoms with Crippen molar-refractivity contribution in [2.75, 3.05) is 32.9 Å². The molecule has 9 heteroatoms. The molecule has 0 bridgehead atoms. The molecule has 0 unspecified atom stereocenters. The number of benzene rings is 2. The van der Waals surface area contributed by atoms with Crippen molar-refractivity contribution >= 4 is 15.8 Å². The molecule has 2 aliphatic heterocycles. The zero-order chi connectivity index (χ0) is 23.8. The second kappa shape index (κ2) is 9.11. The van der Waals surface area contributed by atoms with E-state index in [-0.39, 0.29) is 24.3 Å². The number of sulfone groups is 1. The summed E-state index contributed by atoms with van der Waals surface area (Å²) in [5.41, 5.74) is 0. The molecule has 2 heterocycles. The quantitative estimate of drug-likeness (QED) is 0.548. The lowest BCUT2D eigenvalue weighted by Crippen LogP contribution is -2.55. The summed E-state index contributed by atoms with van der Waals surface area (Å²) < 4.78 is 48.2. The van der Waals surface area contributed by atoms with Crippen molar-refractivity contribution in [1.29, 1.82) is 0 Å². The van der Waals surface area contributed by atoms with Crippen LogP contribution < -0.4 is 14.2 Å². The van der Waals surface area contributed by atoms with Gasteiger partial charge in [-0.25, -0.2) is 8.42 Å². The monoisotopic (exact) mass is 487 g/mol. The van der Waals surface area contributed by atoms with Crippen LogP contribution in [0.15, 0.2) is 47.4 Å². The van der Waals surface area contributed by atoms with Gasteiger partial charge in [0.25, 0.3) is 0 Å². The van der Waals surface area contributed by atoms with Gasteiger partial charge in [0.1, 0.15) is 24.7 Å². The highest BCUT2D eigenvalue weighted by atomic mass is 32.2. The average molecular weight is 488 g/mol. The van der Waals surface area contributed by atoms with Crippen LogP contribution in [0.5, 0.6) is 23.0 Å². The molecule has 0 aromatic heterocycles. The second-order valence-electron chi connectivity index (χ2n) is 8.86. The third-order valence-electron chi connectivity index (χ3n) is 6.71. The summed E-state index contributed by atoms with van der Waals surface area (Å²) in [6, 6.07) is 12.0. The predicted molar refractivity (Wildman–Crippen MR) is 124 cm³/mol. The molecule has 1 aliphatic carbocycles. The minimum Gasteiger partial charge on any atom is -0.486 e. The van der Waals surface area contributed by atoms with Crippen LogP contribution >= 0.6 is 0 Å². The van der Waals surface area contributed by atoms with Crippen LogP contribution in [0.1, 0.15) is 32.6 Å². The normalized spacial score (nSPS) is 19.9. The van der Waals surface area contributed by atoms with E-state index >= 15 is 0 Å². The van der Waals surface area contributed by atoms with E-state index in [4.69, 9.17) is 18.9 Å². The van der Waals surface area contributed by atoms with Crippen LogP contribution in [0.3, 0.4) is 0 Å². The standard InChI is InChI=1S/C25H29NO7S/c1-2-30-24(27)25(11-13-26(14-12-25)18-3-4-18)34(28,29)21-8-5-19(6-9-21)33-20-7-10-22-23(17-20)32-16-15-31-22/h5-10,17-18H,2-4,11-16H2,1H3. The van der Waals surface area contributed by atoms with E-state index in [0.29, 0.717) is 55.3 Å². The van der Waals surface area contributed by atoms with Crippen LogP contribution in [-0.2, 0) is 19.4 Å². The van der Waals surface area contributed by atoms with Gasteiger partial charge in [-0.05, 0) is 69.0 Å². The maximum absolute atomic E-state index is 13.8. The maximum atomic E-state index is 13.8. The molecular formula is C25H29NO7S. The molecule has 0 spiro atoms. The van der Waals surface area contributed by atoms with Gasteiger partial charge in [0, 0.05) is 25.2 Å². The minimum atomic E-state index is -3.97. The Morgan fingerprint density at radius 2 is 1.65 bits per heavy atom. The number of carbonyl (C=O) groups excluding carboxylic acids is 1. The van der Waals surface area contributed by atoms with Gasteiger partial charge < -0.3 is 23.8 Å². The molecule has 2 fully saturated rings. The van der Waals surface area contributed by atoms with Gasteiger partial charge in [-0.1, -0.05) is 0 Å². The van der Waals surface area contributed by atoms with E-state index in [9.17, 15) is 13.2 Å². The summed E-state index contributed by atoms with van der Waals surface area (Å²) in [5.74, 6) is 1.65. The van der Waals surface area contributed by atoms with Crippen molar-refractivity contribution in [3.05, 3.63) is 42.5 Å². The zero-order valence-corrected chi connectivity index (χ0v) is 20.0. The third kappa shape index (κ3) is 4.22. The van der Waals surface area contributed by atoms with Crippen LogP contribution in [-0.4, -0.2) is 63.0 Å². The average Bonchev–Trinajstić information content (AvgIpc) is 3.70. The number of hydrogen-bond donors (Lipinski definition) is 0. The van der Waals surface area contributed by atoms with Crippen LogP contribution in [0, 0.1) is 0 Å². The molecular weight excluding hydrogens is 458 g/mol. The molecule has 2 aromatic carbocycles. The molecule has 1 saturated carbocycles. The van der Waals surface area contributed by atoms with Gasteiger partial charge in [0.05, 0.1) is 11.5 Å². The van der Waals surface area contributed by atoms with Gasteiger partial charge in [0.2, 0.25) is 0 Å². The fourth-order valence-corrected chi connectivity index (χ4v) is 6.61. The lowest BCUT2D eigenvalue weighted by molar-refractivity contribution is -0.147. The number of rotatable bonds is 7. The number of fused-ring (bicyclic) bond motifs is 1. The smallest absolute Gasteiger partial charge is 0.327 e. The van der Waals surface area contributed by atoms with Gasteiger partial charge in [0.15, 0.2) is 26.1 Å². The van der Waals surface area contributed by atoms with E-state index in [1.807, 2.05) is 0 Å². The Bertz CT molecular complexity index is 1150. The highest BCUT2D eigenvalue weighted by molar-refractivity contribution is 7.93. The van der Waals surface area contributed by atoms with Gasteiger partial charge in [-0.15, -0.1) is 0 Å². The summed E-state index contributed by atoms with van der Waals surface area (Å²) in [6.07, 6.45) is 2.76. The molecule has 5 rings (SSSR count). The number of piperidine rings is 1. The number of carbonyl (C=O) groups is 1. The SMILES string of the molecule is CCOC(=O)C1(S(=O)(=O)c2ccc(Oc3ccc4c(c3)OCCO4)cc2)CCN(C2CC2)CC1. The highest BCUT2D eigenvalue weighted by Gasteiger charge is 2.55. The first-order chi connectivity index (χ1) is 16.4. The maximum Gasteiger partial charge on any atom is 0.327 e. The molecule has 1 saturated heterocycles. The zero-order valence-electron chi connectivity index (χ0n) is 19.2. The Balaban J connectivity index is 1.36. The van der Waals surface area contributed by atoms with Crippen molar-refractivity contribution in [3.8, 4) is 23.0 Å². The first-order valence-electron chi connectivity index (χ1n) is 11.8. The molecule has 2 aromatic rings. The topological polar surface area (TPSA) is 91.4 Å². The van der Waals surface area contributed by atoms with Crippen molar-refractivity contribution in [3.63, 3.8) is 0 Å². The molecule has 0 N–H and O–H groups in total. The first kappa shape index (κ1) is 23.0. The molecule has 34 heavy (non-hydrogen) atoms. The fraction of sp³-hybridized carbons (Fsp3) is 0.480. The van der Waals surface area contributed by atoms with E-state index in [2.05, 4.69) is 4.90 Å². The van der Waals surface area contributed by atoms with E-state index in [1.165, 1.54) is 12.1 Å². The van der Waals surface area contributed by atoms with Gasteiger partial charge >= 0.3 is 5.97 Å². The van der Waals surface area contributed by atoms with Gasteiger partial charge in [-0.2, -0.15) is 0 Å². The van der Waals surface area contributed by atoms with Crippen LogP contribution in [0.4, 0.5) is 0 Å². The summed E-state index contributed by atoms with van der Waals surface area (Å²) >= 11 is 0. The molecule has 0 amide bonds. The van der Waals surface area contributed by atoms with E-state index in [1.54, 1.807) is 37.3 Å². The summed E-state index contributed by atoms with van der Waals surface area (Å²) in [7, 11) is -3.97. The number of nitrogens with zero attached hydrogens (tertiary/aromatic N) is 1. The van der Waals surface area contributed by atoms with Crippen molar-refractivity contribution in [2.24, 2.45) is 0 Å². The molecule has 0 radical (unpaired) electrons. The minimum absolute atomic E-state index is 0.0925. The van der Waals surface area contributed by atoms with E-state index in [0.717, 1.165) is 12.8 Å². The first-order valence-corrected chi connectivity index (χ1v) is 13.2. The lowest BCUT2D eigenvalue weighted by atomic mass is 9.95. The lowest BCUT2D eigenvalue weighted by Gasteiger charge is -2.39. The predicted octanol–water partition coefficient (Wildman–Crippen LogP) is 3.58. The molecule has 8 nitrogen and oxygen atoms in total. The van der Waals surface area contributed by atoms with Crippen LogP contribution in [0.25, 0.3) is 0 Å². The number of ether oxygens (including phenoxy) is 4. The number of esters is 1. The Hall–Kier alpha value is -2.78. The molecule has 182 valence electrons. The highest BCUT2D eigenvalue weighted by Crippen LogP contribution is 2.41. The largest absolute Gasteiger partial charge is 0.486 e. The molecule has 0 atom stereocenters. The van der Waals surface area contributed by atoms with Crippen LogP contribution in [0.2, 0.25) is 0 Å². The molecule has 3 aliphatic rings. The van der Waals surface area contributed by atoms with E-state index < -0.39 is 20.6 Å². The second-order valence-corrected chi connectivity index (χ2v) is 11.1. The van der Waals surface area contributed by atoms with Crippen molar-refractivity contribution < 1.29 is 32.2 Å². The van der Waals surface area contributed by atoms with Crippen molar-refractivity contribution in [2.45, 2.75) is 48.3 Å². The summed E-state index contributed by atoms with van der Waals surface area (Å²) in [6.45, 7) is 3.98. The summed E-state index contributed by atoms with van der Waals surface area (Å²) in [4.78, 5) is 15.4. The number of likely N-dealkylation sites (tertiary alicyclic amines) is 1. The summed E-state index contributed by atoms with van der Waals surface area (Å²) in [5, 5.41) is 0. The Labute approximate surface area is 199 Å². The van der Waals surface area contributed by atoms with Crippen molar-refractivity contribution in [1.82, 2.24) is 4.90 Å². The number of hydrogen-bond acceptors (Lipinski definition) is 8. The van der Waals surface area contributed by atoms with Gasteiger partial charge in [-0.3, -0.25) is 4.79 Å². The Morgan fingerprint density at radius 1 is 1.00 bits per heavy atom.